The molecule has 0 saturated heterocycles. The summed E-state index contributed by atoms with van der Waals surface area (Å²) in [5, 5.41) is 19.1. The summed E-state index contributed by atoms with van der Waals surface area (Å²) in [6, 6.07) is 19.2. The fourth-order valence-electron chi connectivity index (χ4n) is 4.19. The van der Waals surface area contributed by atoms with Gasteiger partial charge in [0.15, 0.2) is 11.6 Å². The molecule has 2 amide bonds. The molecule has 42 heavy (non-hydrogen) atoms. The zero-order valence-corrected chi connectivity index (χ0v) is 23.6. The van der Waals surface area contributed by atoms with Crippen LogP contribution in [-0.2, 0) is 16.1 Å². The molecule has 0 aliphatic carbocycles. The van der Waals surface area contributed by atoms with Gasteiger partial charge in [-0.1, -0.05) is 44.2 Å². The van der Waals surface area contributed by atoms with E-state index in [1.807, 2.05) is 44.2 Å². The maximum Gasteiger partial charge on any atom is 0.267 e. The Balaban J connectivity index is 1.37. The maximum atomic E-state index is 12.5. The van der Waals surface area contributed by atoms with Gasteiger partial charge in [-0.2, -0.15) is 10.4 Å². The molecule has 2 aromatic carbocycles. The Hall–Kier alpha value is -5.37. The van der Waals surface area contributed by atoms with E-state index in [0.717, 1.165) is 16.7 Å². The van der Waals surface area contributed by atoms with Crippen LogP contribution in [0.25, 0.3) is 22.6 Å². The van der Waals surface area contributed by atoms with Crippen molar-refractivity contribution in [3.8, 4) is 34.5 Å². The molecule has 2 N–H and O–H groups in total. The molecule has 0 unspecified atom stereocenters. The number of carbonyl (C=O) groups excluding carboxylic acids is 2. The first kappa shape index (κ1) is 29.6. The lowest BCUT2D eigenvalue weighted by Crippen LogP contribution is -2.49. The average molecular weight is 566 g/mol. The average Bonchev–Trinajstić information content (AvgIpc) is 2.99. The topological polar surface area (TPSA) is 152 Å². The van der Waals surface area contributed by atoms with Crippen molar-refractivity contribution in [2.75, 3.05) is 13.2 Å². The molecule has 0 aliphatic rings. The Labute approximate surface area is 243 Å². The van der Waals surface area contributed by atoms with E-state index in [1.54, 1.807) is 36.7 Å². The minimum Gasteiger partial charge on any atom is -0.489 e. The first-order chi connectivity index (χ1) is 20.2. The van der Waals surface area contributed by atoms with E-state index in [1.165, 1.54) is 17.7 Å². The Bertz CT molecular complexity index is 1660. The highest BCUT2D eigenvalue weighted by Gasteiger charge is 2.22. The molecule has 11 heteroatoms. The monoisotopic (exact) mass is 565 g/mol. The Morgan fingerprint density at radius 3 is 2.48 bits per heavy atom. The predicted molar refractivity (Wildman–Crippen MR) is 156 cm³/mol. The number of rotatable bonds is 11. The van der Waals surface area contributed by atoms with Crippen molar-refractivity contribution in [3.05, 3.63) is 94.5 Å². The lowest BCUT2D eigenvalue weighted by Gasteiger charge is -2.20. The molecule has 214 valence electrons. The van der Waals surface area contributed by atoms with Crippen LogP contribution < -0.4 is 20.9 Å². The highest BCUT2D eigenvalue weighted by atomic mass is 16.5. The van der Waals surface area contributed by atoms with E-state index < -0.39 is 6.04 Å². The summed E-state index contributed by atoms with van der Waals surface area (Å²) in [7, 11) is 0. The Morgan fingerprint density at radius 2 is 1.76 bits per heavy atom. The van der Waals surface area contributed by atoms with E-state index in [2.05, 4.69) is 31.8 Å². The number of carbonyl (C=O) groups is 2. The van der Waals surface area contributed by atoms with Crippen LogP contribution in [0.5, 0.6) is 5.75 Å². The van der Waals surface area contributed by atoms with Gasteiger partial charge in [0.2, 0.25) is 11.8 Å². The van der Waals surface area contributed by atoms with Gasteiger partial charge in [0.05, 0.1) is 42.8 Å². The van der Waals surface area contributed by atoms with Crippen molar-refractivity contribution < 1.29 is 14.3 Å². The first-order valence-electron chi connectivity index (χ1n) is 13.4. The molecular weight excluding hydrogens is 534 g/mol. The molecule has 0 spiro atoms. The van der Waals surface area contributed by atoms with Gasteiger partial charge >= 0.3 is 0 Å². The van der Waals surface area contributed by atoms with E-state index in [4.69, 9.17) is 4.74 Å². The van der Waals surface area contributed by atoms with Gasteiger partial charge < -0.3 is 15.4 Å². The Morgan fingerprint density at radius 1 is 1.02 bits per heavy atom. The number of benzene rings is 2. The van der Waals surface area contributed by atoms with Crippen LogP contribution in [0.1, 0.15) is 31.9 Å². The maximum absolute atomic E-state index is 12.5. The number of amides is 2. The molecule has 1 atom stereocenters. The molecule has 4 aromatic rings. The van der Waals surface area contributed by atoms with E-state index in [-0.39, 0.29) is 43.0 Å². The summed E-state index contributed by atoms with van der Waals surface area (Å²) >= 11 is 0. The molecule has 0 bridgehead atoms. The third-order valence-corrected chi connectivity index (χ3v) is 6.28. The van der Waals surface area contributed by atoms with Crippen molar-refractivity contribution in [1.29, 1.82) is 5.26 Å². The van der Waals surface area contributed by atoms with Crippen molar-refractivity contribution in [3.63, 3.8) is 0 Å². The van der Waals surface area contributed by atoms with Crippen LogP contribution in [0.2, 0.25) is 0 Å². The van der Waals surface area contributed by atoms with Crippen LogP contribution >= 0.6 is 0 Å². The largest absolute Gasteiger partial charge is 0.489 e. The van der Waals surface area contributed by atoms with Crippen LogP contribution in [-0.4, -0.2) is 50.8 Å². The lowest BCUT2D eigenvalue weighted by molar-refractivity contribution is -0.129. The number of aromatic nitrogens is 4. The predicted octanol–water partition coefficient (Wildman–Crippen LogP) is 2.94. The van der Waals surface area contributed by atoms with Gasteiger partial charge in [0.1, 0.15) is 12.6 Å². The number of nitrogens with one attached hydrogen (secondary N) is 2. The standard InChI is InChI=1S/C31H31N7O4/c1-20(2)29(36-21(3)39)31(41)33-12-13-42-26-17-34-30(35-18-26)25-9-5-7-23(15-25)19-38-28(40)11-10-27(37-38)24-8-4-6-22(14-24)16-32/h4-11,14-15,17-18,20,29H,12-13,19H2,1-3H3,(H,33,41)(H,36,39)/t29-/m0/s1. The molecule has 0 aliphatic heterocycles. The number of ether oxygens (including phenoxy) is 1. The molecule has 4 rings (SSSR count). The van der Waals surface area contributed by atoms with Crippen molar-refractivity contribution >= 4 is 11.8 Å². The van der Waals surface area contributed by atoms with Crippen LogP contribution in [0.4, 0.5) is 0 Å². The van der Waals surface area contributed by atoms with Crippen LogP contribution in [0.15, 0.2) is 77.9 Å². The third kappa shape index (κ3) is 7.85. The second-order valence-electron chi connectivity index (χ2n) is 9.91. The van der Waals surface area contributed by atoms with Crippen molar-refractivity contribution in [2.24, 2.45) is 5.92 Å². The second-order valence-corrected chi connectivity index (χ2v) is 9.91. The molecular formula is C31H31N7O4. The Kier molecular flexibility index (Phi) is 9.73. The molecule has 0 radical (unpaired) electrons. The normalized spacial score (nSPS) is 11.4. The minimum absolute atomic E-state index is 0.0513. The zero-order valence-electron chi connectivity index (χ0n) is 23.6. The number of nitrogens with zero attached hydrogens (tertiary/aromatic N) is 5. The summed E-state index contributed by atoms with van der Waals surface area (Å²) in [6.45, 7) is 5.80. The third-order valence-electron chi connectivity index (χ3n) is 6.28. The van der Waals surface area contributed by atoms with Gasteiger partial charge in [0, 0.05) is 24.1 Å². The van der Waals surface area contributed by atoms with Crippen molar-refractivity contribution in [2.45, 2.75) is 33.4 Å². The van der Waals surface area contributed by atoms with Gasteiger partial charge in [-0.15, -0.1) is 0 Å². The van der Waals surface area contributed by atoms with Crippen LogP contribution in [0.3, 0.4) is 0 Å². The first-order valence-corrected chi connectivity index (χ1v) is 13.4. The highest BCUT2D eigenvalue weighted by molar-refractivity contribution is 5.87. The van der Waals surface area contributed by atoms with Gasteiger partial charge in [-0.3, -0.25) is 14.4 Å². The highest BCUT2D eigenvalue weighted by Crippen LogP contribution is 2.20. The molecule has 2 heterocycles. The molecule has 0 fully saturated rings. The molecule has 11 nitrogen and oxygen atoms in total. The zero-order chi connectivity index (χ0) is 30.1. The number of nitriles is 1. The van der Waals surface area contributed by atoms with Crippen molar-refractivity contribution in [1.82, 2.24) is 30.4 Å². The summed E-state index contributed by atoms with van der Waals surface area (Å²) < 4.78 is 7.03. The van der Waals surface area contributed by atoms with E-state index in [9.17, 15) is 19.6 Å². The van der Waals surface area contributed by atoms with E-state index >= 15 is 0 Å². The van der Waals surface area contributed by atoms with Gasteiger partial charge in [-0.05, 0) is 35.7 Å². The quantitative estimate of drug-likeness (QED) is 0.263. The van der Waals surface area contributed by atoms with Gasteiger partial charge in [0.25, 0.3) is 5.56 Å². The smallest absolute Gasteiger partial charge is 0.267 e. The van der Waals surface area contributed by atoms with Gasteiger partial charge in [-0.25, -0.2) is 14.6 Å². The SMILES string of the molecule is CC(=O)N[C@H](C(=O)NCCOc1cnc(-c2cccc(Cn3nc(-c4cccc(C#N)c4)ccc3=O)c2)nc1)C(C)C. The summed E-state index contributed by atoms with van der Waals surface area (Å²) in [5.41, 5.74) is 3.21. The minimum atomic E-state index is -0.610. The molecule has 0 saturated carbocycles. The lowest BCUT2D eigenvalue weighted by atomic mass is 10.0. The number of hydrogen-bond acceptors (Lipinski definition) is 8. The summed E-state index contributed by atoms with van der Waals surface area (Å²) in [5.74, 6) is 0.341. The fourth-order valence-corrected chi connectivity index (χ4v) is 4.19. The van der Waals surface area contributed by atoms with E-state index in [0.29, 0.717) is 22.8 Å². The fraction of sp³-hybridized carbons (Fsp3) is 0.258. The summed E-state index contributed by atoms with van der Waals surface area (Å²) in [6.07, 6.45) is 3.10. The second kappa shape index (κ2) is 13.8. The summed E-state index contributed by atoms with van der Waals surface area (Å²) in [4.78, 5) is 45.1. The number of hydrogen-bond donors (Lipinski definition) is 2. The van der Waals surface area contributed by atoms with Crippen LogP contribution in [0, 0.1) is 17.2 Å². The molecule has 2 aromatic heterocycles.